The van der Waals surface area contributed by atoms with E-state index in [0.29, 0.717) is 11.1 Å². The Balaban J connectivity index is 2.33. The van der Waals surface area contributed by atoms with E-state index in [1.165, 1.54) is 6.92 Å². The largest absolute Gasteiger partial charge is 0.449 e. The molecule has 2 aromatic carbocycles. The van der Waals surface area contributed by atoms with Crippen molar-refractivity contribution >= 4 is 11.8 Å². The Morgan fingerprint density at radius 1 is 0.895 bits per heavy atom. The second-order valence-corrected chi connectivity index (χ2v) is 4.13. The van der Waals surface area contributed by atoms with Gasteiger partial charge >= 0.3 is 5.97 Å². The van der Waals surface area contributed by atoms with Crippen LogP contribution in [0.25, 0.3) is 0 Å². The van der Waals surface area contributed by atoms with Gasteiger partial charge < -0.3 is 4.74 Å². The first-order valence-corrected chi connectivity index (χ1v) is 6.00. The number of hydrogen-bond donors (Lipinski definition) is 0. The Bertz CT molecular complexity index is 561. The molecule has 0 saturated heterocycles. The van der Waals surface area contributed by atoms with Crippen molar-refractivity contribution in [2.75, 3.05) is 0 Å². The van der Waals surface area contributed by atoms with Gasteiger partial charge in [-0.1, -0.05) is 60.7 Å². The molecule has 2 rings (SSSR count). The third kappa shape index (κ3) is 3.28. The van der Waals surface area contributed by atoms with E-state index in [-0.39, 0.29) is 5.78 Å². The molecule has 0 amide bonds. The number of benzene rings is 2. The highest BCUT2D eigenvalue weighted by Crippen LogP contribution is 2.22. The van der Waals surface area contributed by atoms with Gasteiger partial charge in [-0.2, -0.15) is 0 Å². The third-order valence-electron chi connectivity index (χ3n) is 2.68. The van der Waals surface area contributed by atoms with Gasteiger partial charge in [-0.15, -0.1) is 0 Å². The molecule has 0 saturated carbocycles. The number of carbonyl (C=O) groups excluding carboxylic acids is 2. The Kier molecular flexibility index (Phi) is 4.08. The van der Waals surface area contributed by atoms with E-state index in [1.54, 1.807) is 36.4 Å². The van der Waals surface area contributed by atoms with Crippen molar-refractivity contribution in [2.24, 2.45) is 0 Å². The number of Topliss-reactive ketones (excluding diaryl/α,β-unsaturated/α-hetero) is 1. The Hall–Kier alpha value is -2.42. The predicted octanol–water partition coefficient (Wildman–Crippen LogP) is 3.17. The molecule has 0 aliphatic heterocycles. The first-order chi connectivity index (χ1) is 9.18. The Morgan fingerprint density at radius 2 is 1.42 bits per heavy atom. The summed E-state index contributed by atoms with van der Waals surface area (Å²) in [4.78, 5) is 23.6. The van der Waals surface area contributed by atoms with E-state index in [0.717, 1.165) is 0 Å². The van der Waals surface area contributed by atoms with Crippen molar-refractivity contribution in [3.8, 4) is 0 Å². The maximum Gasteiger partial charge on any atom is 0.303 e. The van der Waals surface area contributed by atoms with Crippen molar-refractivity contribution in [3.63, 3.8) is 0 Å². The van der Waals surface area contributed by atoms with Crippen molar-refractivity contribution in [1.29, 1.82) is 0 Å². The van der Waals surface area contributed by atoms with Crippen LogP contribution in [0.1, 0.15) is 28.9 Å². The molecular formula is C16H14O3. The first-order valence-electron chi connectivity index (χ1n) is 6.00. The van der Waals surface area contributed by atoms with Crippen LogP contribution in [0.4, 0.5) is 0 Å². The van der Waals surface area contributed by atoms with Crippen LogP contribution in [-0.4, -0.2) is 11.8 Å². The lowest BCUT2D eigenvalue weighted by atomic mass is 10.00. The maximum absolute atomic E-state index is 12.4. The molecule has 3 nitrogen and oxygen atoms in total. The van der Waals surface area contributed by atoms with Gasteiger partial charge in [0.25, 0.3) is 0 Å². The highest BCUT2D eigenvalue weighted by molar-refractivity contribution is 6.00. The molecule has 3 heteroatoms. The lowest BCUT2D eigenvalue weighted by molar-refractivity contribution is -0.144. The van der Waals surface area contributed by atoms with Gasteiger partial charge in [0.1, 0.15) is 0 Å². The zero-order chi connectivity index (χ0) is 13.7. The number of esters is 1. The minimum atomic E-state index is -0.888. The number of ketones is 1. The molecule has 0 N–H and O–H groups in total. The summed E-state index contributed by atoms with van der Waals surface area (Å²) in [6, 6.07) is 17.8. The average molecular weight is 254 g/mol. The van der Waals surface area contributed by atoms with E-state index < -0.39 is 12.1 Å². The number of rotatable bonds is 4. The maximum atomic E-state index is 12.4. The number of hydrogen-bond acceptors (Lipinski definition) is 3. The molecular weight excluding hydrogens is 240 g/mol. The molecule has 0 aliphatic rings. The summed E-state index contributed by atoms with van der Waals surface area (Å²) in [6.45, 7) is 1.30. The van der Waals surface area contributed by atoms with E-state index in [9.17, 15) is 9.59 Å². The summed E-state index contributed by atoms with van der Waals surface area (Å²) < 4.78 is 5.16. The van der Waals surface area contributed by atoms with Gasteiger partial charge in [0.15, 0.2) is 6.10 Å². The quantitative estimate of drug-likeness (QED) is 0.621. The van der Waals surface area contributed by atoms with Crippen LogP contribution in [0.15, 0.2) is 60.7 Å². The standard InChI is InChI=1S/C16H14O3/c1-12(17)19-16(14-10-6-3-7-11-14)15(18)13-8-4-2-5-9-13/h2-11,16H,1H3/t16-/m0/s1. The molecule has 0 fully saturated rings. The minimum Gasteiger partial charge on any atom is -0.449 e. The molecule has 0 radical (unpaired) electrons. The highest BCUT2D eigenvalue weighted by Gasteiger charge is 2.24. The van der Waals surface area contributed by atoms with Crippen molar-refractivity contribution in [1.82, 2.24) is 0 Å². The second kappa shape index (κ2) is 5.96. The van der Waals surface area contributed by atoms with Crippen LogP contribution in [0, 0.1) is 0 Å². The fraction of sp³-hybridized carbons (Fsp3) is 0.125. The SMILES string of the molecule is CC(=O)O[C@H](C(=O)c1ccccc1)c1ccccc1. The predicted molar refractivity (Wildman–Crippen MR) is 71.7 cm³/mol. The molecule has 1 atom stereocenters. The Morgan fingerprint density at radius 3 is 1.95 bits per heavy atom. The third-order valence-corrected chi connectivity index (χ3v) is 2.68. The van der Waals surface area contributed by atoms with Crippen LogP contribution >= 0.6 is 0 Å². The summed E-state index contributed by atoms with van der Waals surface area (Å²) in [5.74, 6) is -0.694. The molecule has 0 aromatic heterocycles. The molecule has 0 spiro atoms. The molecule has 0 unspecified atom stereocenters. The molecule has 19 heavy (non-hydrogen) atoms. The van der Waals surface area contributed by atoms with Gasteiger partial charge in [0.05, 0.1) is 0 Å². The normalized spacial score (nSPS) is 11.6. The van der Waals surface area contributed by atoms with E-state index in [4.69, 9.17) is 4.74 Å². The van der Waals surface area contributed by atoms with Crippen LogP contribution in [0.2, 0.25) is 0 Å². The van der Waals surface area contributed by atoms with Gasteiger partial charge in [-0.05, 0) is 0 Å². The number of carbonyl (C=O) groups is 2. The van der Waals surface area contributed by atoms with Crippen molar-refractivity contribution in [2.45, 2.75) is 13.0 Å². The molecule has 0 heterocycles. The lowest BCUT2D eigenvalue weighted by Crippen LogP contribution is -2.18. The number of ether oxygens (including phenoxy) is 1. The summed E-state index contributed by atoms with van der Waals surface area (Å²) in [7, 11) is 0. The molecule has 2 aromatic rings. The van der Waals surface area contributed by atoms with Gasteiger partial charge in [-0.25, -0.2) is 0 Å². The fourth-order valence-corrected chi connectivity index (χ4v) is 1.82. The molecule has 0 bridgehead atoms. The zero-order valence-corrected chi connectivity index (χ0v) is 10.6. The lowest BCUT2D eigenvalue weighted by Gasteiger charge is -2.16. The monoisotopic (exact) mass is 254 g/mol. The van der Waals surface area contributed by atoms with Crippen LogP contribution in [0.3, 0.4) is 0 Å². The van der Waals surface area contributed by atoms with Gasteiger partial charge in [0, 0.05) is 18.1 Å². The first kappa shape index (κ1) is 13.0. The topological polar surface area (TPSA) is 43.4 Å². The summed E-state index contributed by atoms with van der Waals surface area (Å²) in [5.41, 5.74) is 1.20. The zero-order valence-electron chi connectivity index (χ0n) is 10.6. The van der Waals surface area contributed by atoms with E-state index in [2.05, 4.69) is 0 Å². The summed E-state index contributed by atoms with van der Waals surface area (Å²) >= 11 is 0. The van der Waals surface area contributed by atoms with E-state index >= 15 is 0 Å². The van der Waals surface area contributed by atoms with Gasteiger partial charge in [0.2, 0.25) is 5.78 Å². The van der Waals surface area contributed by atoms with E-state index in [1.807, 2.05) is 24.3 Å². The Labute approximate surface area is 111 Å². The summed E-state index contributed by atoms with van der Waals surface area (Å²) in [6.07, 6.45) is -0.888. The highest BCUT2D eigenvalue weighted by atomic mass is 16.5. The van der Waals surface area contributed by atoms with Crippen LogP contribution in [0.5, 0.6) is 0 Å². The van der Waals surface area contributed by atoms with Gasteiger partial charge in [-0.3, -0.25) is 9.59 Å². The van der Waals surface area contributed by atoms with Crippen molar-refractivity contribution < 1.29 is 14.3 Å². The minimum absolute atomic E-state index is 0.220. The summed E-state index contributed by atoms with van der Waals surface area (Å²) in [5, 5.41) is 0. The molecule has 96 valence electrons. The second-order valence-electron chi connectivity index (χ2n) is 4.13. The van der Waals surface area contributed by atoms with Crippen molar-refractivity contribution in [3.05, 3.63) is 71.8 Å². The average Bonchev–Trinajstić information content (AvgIpc) is 2.46. The van der Waals surface area contributed by atoms with Crippen LogP contribution < -0.4 is 0 Å². The molecule has 0 aliphatic carbocycles. The van der Waals surface area contributed by atoms with Crippen LogP contribution in [-0.2, 0) is 9.53 Å². The smallest absolute Gasteiger partial charge is 0.303 e. The fourth-order valence-electron chi connectivity index (χ4n) is 1.82.